The van der Waals surface area contributed by atoms with Crippen LogP contribution in [0.1, 0.15) is 19.3 Å². The molecular formula is C13H22F3N3O2. The molecule has 0 bridgehead atoms. The van der Waals surface area contributed by atoms with E-state index in [1.807, 2.05) is 0 Å². The van der Waals surface area contributed by atoms with Crippen molar-refractivity contribution in [2.24, 2.45) is 5.73 Å². The highest BCUT2D eigenvalue weighted by Crippen LogP contribution is 2.34. The number of carbonyl (C=O) groups excluding carboxylic acids is 1. The summed E-state index contributed by atoms with van der Waals surface area (Å²) < 4.78 is 40.2. The predicted octanol–water partition coefficient (Wildman–Crippen LogP) is 0.591. The van der Waals surface area contributed by atoms with Crippen LogP contribution in [-0.4, -0.2) is 73.4 Å². The zero-order valence-corrected chi connectivity index (χ0v) is 12.0. The largest absolute Gasteiger partial charge is 0.411 e. The molecule has 1 saturated carbocycles. The summed E-state index contributed by atoms with van der Waals surface area (Å²) in [5, 5.41) is 0. The van der Waals surface area contributed by atoms with E-state index in [0.29, 0.717) is 26.1 Å². The fraction of sp³-hybridized carbons (Fsp3) is 0.923. The van der Waals surface area contributed by atoms with Gasteiger partial charge in [0.1, 0.15) is 6.61 Å². The Morgan fingerprint density at radius 2 is 1.81 bits per heavy atom. The highest BCUT2D eigenvalue weighted by atomic mass is 19.4. The molecule has 0 aromatic carbocycles. The van der Waals surface area contributed by atoms with Gasteiger partial charge in [-0.1, -0.05) is 0 Å². The van der Waals surface area contributed by atoms with Crippen LogP contribution in [0, 0.1) is 0 Å². The van der Waals surface area contributed by atoms with Gasteiger partial charge in [-0.15, -0.1) is 0 Å². The molecule has 1 heterocycles. The molecule has 5 nitrogen and oxygen atoms in total. The Morgan fingerprint density at radius 3 is 2.33 bits per heavy atom. The third-order valence-corrected chi connectivity index (χ3v) is 3.90. The minimum absolute atomic E-state index is 0.0376. The SMILES string of the molecule is NC1(C(=O)N2CCN(CCCOCC(F)(F)F)CC2)CC1. The number of nitrogens with two attached hydrogens (primary N) is 1. The van der Waals surface area contributed by atoms with Crippen LogP contribution in [0.15, 0.2) is 0 Å². The van der Waals surface area contributed by atoms with Crippen molar-refractivity contribution in [2.75, 3.05) is 45.9 Å². The Hall–Kier alpha value is -0.860. The van der Waals surface area contributed by atoms with Crippen molar-refractivity contribution in [1.82, 2.24) is 9.80 Å². The van der Waals surface area contributed by atoms with E-state index in [4.69, 9.17) is 5.73 Å². The van der Waals surface area contributed by atoms with Crippen molar-refractivity contribution in [1.29, 1.82) is 0 Å². The Labute approximate surface area is 122 Å². The third kappa shape index (κ3) is 5.12. The van der Waals surface area contributed by atoms with Crippen molar-refractivity contribution in [3.8, 4) is 0 Å². The number of amides is 1. The van der Waals surface area contributed by atoms with Crippen molar-refractivity contribution >= 4 is 5.91 Å². The number of hydrogen-bond acceptors (Lipinski definition) is 4. The number of halogens is 3. The standard InChI is InChI=1S/C13H22F3N3O2/c14-13(15,16)10-21-9-1-4-18-5-7-19(8-6-18)11(20)12(17)2-3-12/h1-10,17H2. The van der Waals surface area contributed by atoms with Gasteiger partial charge in [0.05, 0.1) is 5.54 Å². The van der Waals surface area contributed by atoms with Crippen LogP contribution in [0.4, 0.5) is 13.2 Å². The molecule has 0 aromatic rings. The highest BCUT2D eigenvalue weighted by Gasteiger charge is 2.48. The number of carbonyl (C=O) groups is 1. The van der Waals surface area contributed by atoms with Gasteiger partial charge in [0.25, 0.3) is 0 Å². The average Bonchev–Trinajstić information content (AvgIpc) is 3.16. The summed E-state index contributed by atoms with van der Waals surface area (Å²) in [4.78, 5) is 16.0. The summed E-state index contributed by atoms with van der Waals surface area (Å²) in [5.41, 5.74) is 5.27. The highest BCUT2D eigenvalue weighted by molar-refractivity contribution is 5.89. The van der Waals surface area contributed by atoms with Gasteiger partial charge in [-0.05, 0) is 19.3 Å². The first kappa shape index (κ1) is 16.5. The van der Waals surface area contributed by atoms with E-state index in [-0.39, 0.29) is 12.5 Å². The molecule has 1 aliphatic heterocycles. The van der Waals surface area contributed by atoms with Crippen LogP contribution < -0.4 is 5.73 Å². The second-order valence-corrected chi connectivity index (χ2v) is 5.81. The molecule has 1 amide bonds. The van der Waals surface area contributed by atoms with Gasteiger partial charge in [-0.3, -0.25) is 9.69 Å². The smallest absolute Gasteiger partial charge is 0.372 e. The molecule has 2 N–H and O–H groups in total. The van der Waals surface area contributed by atoms with Gasteiger partial charge >= 0.3 is 6.18 Å². The summed E-state index contributed by atoms with van der Waals surface area (Å²) in [6, 6.07) is 0. The quantitative estimate of drug-likeness (QED) is 0.730. The molecule has 21 heavy (non-hydrogen) atoms. The third-order valence-electron chi connectivity index (χ3n) is 3.90. The van der Waals surface area contributed by atoms with Crippen LogP contribution in [0.3, 0.4) is 0 Å². The molecule has 0 radical (unpaired) electrons. The molecule has 8 heteroatoms. The van der Waals surface area contributed by atoms with Crippen LogP contribution >= 0.6 is 0 Å². The van der Waals surface area contributed by atoms with Gasteiger partial charge in [-0.2, -0.15) is 13.2 Å². The van der Waals surface area contributed by atoms with Gasteiger partial charge in [0.15, 0.2) is 0 Å². The van der Waals surface area contributed by atoms with Crippen molar-refractivity contribution < 1.29 is 22.7 Å². The Kier molecular flexibility index (Phi) is 5.11. The maximum Gasteiger partial charge on any atom is 0.411 e. The number of rotatable bonds is 6. The number of ether oxygens (including phenoxy) is 1. The molecule has 1 aliphatic carbocycles. The normalized spacial score (nSPS) is 22.4. The van der Waals surface area contributed by atoms with Crippen molar-refractivity contribution in [2.45, 2.75) is 31.0 Å². The Bertz CT molecular complexity index is 364. The fourth-order valence-corrected chi connectivity index (χ4v) is 2.42. The first-order valence-electron chi connectivity index (χ1n) is 7.25. The number of alkyl halides is 3. The van der Waals surface area contributed by atoms with Gasteiger partial charge in [-0.25, -0.2) is 0 Å². The first-order valence-corrected chi connectivity index (χ1v) is 7.25. The summed E-state index contributed by atoms with van der Waals surface area (Å²) in [6.07, 6.45) is -2.16. The van der Waals surface area contributed by atoms with Crippen molar-refractivity contribution in [3.63, 3.8) is 0 Å². The lowest BCUT2D eigenvalue weighted by molar-refractivity contribution is -0.174. The topological polar surface area (TPSA) is 58.8 Å². The van der Waals surface area contributed by atoms with E-state index in [9.17, 15) is 18.0 Å². The Morgan fingerprint density at radius 1 is 1.19 bits per heavy atom. The van der Waals surface area contributed by atoms with Crippen molar-refractivity contribution in [3.05, 3.63) is 0 Å². The van der Waals surface area contributed by atoms with Gasteiger partial charge < -0.3 is 15.4 Å². The lowest BCUT2D eigenvalue weighted by atomic mass is 10.2. The minimum atomic E-state index is -4.26. The monoisotopic (exact) mass is 309 g/mol. The summed E-state index contributed by atoms with van der Waals surface area (Å²) in [5.74, 6) is 0.0376. The van der Waals surface area contributed by atoms with Crippen LogP contribution in [0.25, 0.3) is 0 Å². The molecule has 2 aliphatic rings. The first-order chi connectivity index (χ1) is 9.80. The lowest BCUT2D eigenvalue weighted by Gasteiger charge is -2.36. The predicted molar refractivity (Wildman–Crippen MR) is 70.7 cm³/mol. The molecule has 0 spiro atoms. The minimum Gasteiger partial charge on any atom is -0.372 e. The molecular weight excluding hydrogens is 287 g/mol. The number of nitrogens with zero attached hydrogens (tertiary/aromatic N) is 2. The zero-order valence-electron chi connectivity index (χ0n) is 12.0. The summed E-state index contributed by atoms with van der Waals surface area (Å²) in [7, 11) is 0. The molecule has 1 saturated heterocycles. The average molecular weight is 309 g/mol. The number of hydrogen-bond donors (Lipinski definition) is 1. The summed E-state index contributed by atoms with van der Waals surface area (Å²) in [6.45, 7) is 2.36. The fourth-order valence-electron chi connectivity index (χ4n) is 2.42. The molecule has 0 atom stereocenters. The zero-order chi connectivity index (χ0) is 15.5. The second kappa shape index (κ2) is 6.50. The Balaban J connectivity index is 1.56. The van der Waals surface area contributed by atoms with Crippen LogP contribution in [0.2, 0.25) is 0 Å². The summed E-state index contributed by atoms with van der Waals surface area (Å²) >= 11 is 0. The van der Waals surface area contributed by atoms with Crippen LogP contribution in [0.5, 0.6) is 0 Å². The molecule has 122 valence electrons. The molecule has 0 unspecified atom stereocenters. The van der Waals surface area contributed by atoms with Gasteiger partial charge in [0.2, 0.25) is 5.91 Å². The van der Waals surface area contributed by atoms with Crippen LogP contribution in [-0.2, 0) is 9.53 Å². The number of piperazine rings is 1. The van der Waals surface area contributed by atoms with E-state index < -0.39 is 18.3 Å². The van der Waals surface area contributed by atoms with E-state index >= 15 is 0 Å². The lowest BCUT2D eigenvalue weighted by Crippen LogP contribution is -2.54. The second-order valence-electron chi connectivity index (χ2n) is 5.81. The molecule has 2 fully saturated rings. The maximum atomic E-state index is 12.0. The molecule has 2 rings (SSSR count). The van der Waals surface area contributed by atoms with Gasteiger partial charge in [0, 0.05) is 39.3 Å². The van der Waals surface area contributed by atoms with E-state index in [1.54, 1.807) is 4.90 Å². The maximum absolute atomic E-state index is 12.0. The molecule has 0 aromatic heterocycles. The van der Waals surface area contributed by atoms with E-state index in [0.717, 1.165) is 25.9 Å². The van der Waals surface area contributed by atoms with E-state index in [2.05, 4.69) is 9.64 Å². The van der Waals surface area contributed by atoms with E-state index in [1.165, 1.54) is 0 Å².